The summed E-state index contributed by atoms with van der Waals surface area (Å²) in [6.07, 6.45) is 5.31. The fourth-order valence-corrected chi connectivity index (χ4v) is 5.76. The topological polar surface area (TPSA) is 87.5 Å². The number of nitrogens with one attached hydrogen (secondary N) is 1. The first-order valence-electron chi connectivity index (χ1n) is 12.8. The Hall–Kier alpha value is -3.15. The van der Waals surface area contributed by atoms with Gasteiger partial charge in [-0.25, -0.2) is 22.2 Å². The van der Waals surface area contributed by atoms with Crippen molar-refractivity contribution in [3.05, 3.63) is 88.0 Å². The molecule has 0 radical (unpaired) electrons. The second-order valence-electron chi connectivity index (χ2n) is 9.91. The third-order valence-electron chi connectivity index (χ3n) is 7.15. The molecule has 2 aromatic carbocycles. The Morgan fingerprint density at radius 3 is 2.24 bits per heavy atom. The Morgan fingerprint density at radius 1 is 0.974 bits per heavy atom. The van der Waals surface area contributed by atoms with E-state index in [0.29, 0.717) is 37.2 Å². The SMILES string of the molecule is CS(=O)(=O)N1CCN(c2nc(CCCN[C@@H]3C[C@H]3c3ccc(F)cc3)cn(-c3ccc(F)cc3)c2=O)CC1. The van der Waals surface area contributed by atoms with Gasteiger partial charge in [-0.05, 0) is 67.8 Å². The van der Waals surface area contributed by atoms with Crippen LogP contribution in [0.2, 0.25) is 0 Å². The highest BCUT2D eigenvalue weighted by molar-refractivity contribution is 7.88. The second-order valence-corrected chi connectivity index (χ2v) is 11.9. The van der Waals surface area contributed by atoms with Crippen LogP contribution in [0.1, 0.15) is 30.0 Å². The molecule has 0 unspecified atom stereocenters. The lowest BCUT2D eigenvalue weighted by molar-refractivity contribution is 0.386. The van der Waals surface area contributed by atoms with Gasteiger partial charge >= 0.3 is 0 Å². The van der Waals surface area contributed by atoms with Crippen LogP contribution < -0.4 is 15.8 Å². The van der Waals surface area contributed by atoms with Gasteiger partial charge in [-0.15, -0.1) is 0 Å². The van der Waals surface area contributed by atoms with Crippen molar-refractivity contribution in [2.24, 2.45) is 0 Å². The van der Waals surface area contributed by atoms with E-state index in [9.17, 15) is 22.0 Å². The molecule has 0 amide bonds. The van der Waals surface area contributed by atoms with Gasteiger partial charge in [-0.3, -0.25) is 9.36 Å². The van der Waals surface area contributed by atoms with Crippen LogP contribution in [0.15, 0.2) is 59.5 Å². The number of hydrogen-bond acceptors (Lipinski definition) is 6. The summed E-state index contributed by atoms with van der Waals surface area (Å²) in [5, 5.41) is 3.55. The summed E-state index contributed by atoms with van der Waals surface area (Å²) in [5.74, 6) is 0.0427. The molecule has 5 rings (SSSR count). The van der Waals surface area contributed by atoms with E-state index in [1.54, 1.807) is 18.3 Å². The van der Waals surface area contributed by atoms with E-state index in [2.05, 4.69) is 10.3 Å². The van der Waals surface area contributed by atoms with Crippen molar-refractivity contribution in [3.63, 3.8) is 0 Å². The zero-order chi connectivity index (χ0) is 26.9. The number of sulfonamides is 1. The minimum atomic E-state index is -3.30. The first kappa shape index (κ1) is 26.5. The number of nitrogens with zero attached hydrogens (tertiary/aromatic N) is 4. The van der Waals surface area contributed by atoms with Crippen LogP contribution in [0.4, 0.5) is 14.6 Å². The predicted octanol–water partition coefficient (Wildman–Crippen LogP) is 2.67. The molecule has 0 spiro atoms. The zero-order valence-electron chi connectivity index (χ0n) is 21.2. The third kappa shape index (κ3) is 6.11. The molecule has 202 valence electrons. The minimum absolute atomic E-state index is 0.231. The largest absolute Gasteiger partial charge is 0.349 e. The van der Waals surface area contributed by atoms with Crippen molar-refractivity contribution >= 4 is 15.8 Å². The number of benzene rings is 2. The van der Waals surface area contributed by atoms with Crippen LogP contribution >= 0.6 is 0 Å². The lowest BCUT2D eigenvalue weighted by Crippen LogP contribution is -2.50. The molecule has 1 aromatic heterocycles. The van der Waals surface area contributed by atoms with Gasteiger partial charge in [0, 0.05) is 50.0 Å². The van der Waals surface area contributed by atoms with Gasteiger partial charge < -0.3 is 10.2 Å². The van der Waals surface area contributed by atoms with Crippen molar-refractivity contribution in [3.8, 4) is 5.69 Å². The van der Waals surface area contributed by atoms with Crippen molar-refractivity contribution in [2.45, 2.75) is 31.2 Å². The number of aromatic nitrogens is 2. The summed E-state index contributed by atoms with van der Waals surface area (Å²) in [7, 11) is -3.30. The highest BCUT2D eigenvalue weighted by Crippen LogP contribution is 2.40. The molecule has 11 heteroatoms. The molecule has 38 heavy (non-hydrogen) atoms. The molecular weight excluding hydrogens is 512 g/mol. The molecule has 1 N–H and O–H groups in total. The first-order chi connectivity index (χ1) is 18.2. The van der Waals surface area contributed by atoms with Crippen molar-refractivity contribution < 1.29 is 17.2 Å². The van der Waals surface area contributed by atoms with E-state index in [1.807, 2.05) is 17.0 Å². The number of rotatable bonds is 9. The lowest BCUT2D eigenvalue weighted by atomic mass is 10.1. The van der Waals surface area contributed by atoms with Crippen molar-refractivity contribution in [1.82, 2.24) is 19.2 Å². The maximum atomic E-state index is 13.5. The van der Waals surface area contributed by atoms with E-state index in [0.717, 1.165) is 30.6 Å². The smallest absolute Gasteiger partial charge is 0.298 e. The molecule has 8 nitrogen and oxygen atoms in total. The van der Waals surface area contributed by atoms with Gasteiger partial charge in [-0.1, -0.05) is 12.1 Å². The quantitative estimate of drug-likeness (QED) is 0.418. The summed E-state index contributed by atoms with van der Waals surface area (Å²) in [5.41, 5.74) is 2.07. The monoisotopic (exact) mass is 543 g/mol. The molecule has 1 saturated carbocycles. The van der Waals surface area contributed by atoms with E-state index in [1.165, 1.54) is 39.4 Å². The zero-order valence-corrected chi connectivity index (χ0v) is 22.0. The summed E-state index contributed by atoms with van der Waals surface area (Å²) in [4.78, 5) is 19.9. The van der Waals surface area contributed by atoms with Crippen LogP contribution in [-0.2, 0) is 16.4 Å². The molecule has 2 fully saturated rings. The van der Waals surface area contributed by atoms with Crippen LogP contribution in [0.5, 0.6) is 0 Å². The molecule has 1 saturated heterocycles. The summed E-state index contributed by atoms with van der Waals surface area (Å²) < 4.78 is 53.4. The van der Waals surface area contributed by atoms with Gasteiger partial charge in [0.25, 0.3) is 5.56 Å². The van der Waals surface area contributed by atoms with Gasteiger partial charge in [0.2, 0.25) is 10.0 Å². The van der Waals surface area contributed by atoms with Crippen LogP contribution in [-0.4, -0.2) is 67.3 Å². The van der Waals surface area contributed by atoms with Gasteiger partial charge in [-0.2, -0.15) is 4.31 Å². The van der Waals surface area contributed by atoms with E-state index < -0.39 is 15.8 Å². The lowest BCUT2D eigenvalue weighted by Gasteiger charge is -2.33. The highest BCUT2D eigenvalue weighted by Gasteiger charge is 2.37. The summed E-state index contributed by atoms with van der Waals surface area (Å²) >= 11 is 0. The molecule has 1 aliphatic heterocycles. The van der Waals surface area contributed by atoms with Crippen LogP contribution in [0.3, 0.4) is 0 Å². The molecule has 3 aromatic rings. The number of anilines is 1. The van der Waals surface area contributed by atoms with Crippen LogP contribution in [0, 0.1) is 11.6 Å². The first-order valence-corrected chi connectivity index (χ1v) is 14.6. The predicted molar refractivity (Wildman–Crippen MR) is 142 cm³/mol. The summed E-state index contributed by atoms with van der Waals surface area (Å²) in [6, 6.07) is 12.7. The second kappa shape index (κ2) is 10.9. The highest BCUT2D eigenvalue weighted by atomic mass is 32.2. The van der Waals surface area contributed by atoms with Gasteiger partial charge in [0.1, 0.15) is 11.6 Å². The van der Waals surface area contributed by atoms with E-state index in [-0.39, 0.29) is 30.3 Å². The van der Waals surface area contributed by atoms with Gasteiger partial charge in [0.05, 0.1) is 11.9 Å². The fraction of sp³-hybridized carbons (Fsp3) is 0.407. The Bertz CT molecular complexity index is 1440. The molecule has 2 aliphatic rings. The molecular formula is C27H31F2N5O3S. The number of halogens is 2. The van der Waals surface area contributed by atoms with E-state index >= 15 is 0 Å². The van der Waals surface area contributed by atoms with Crippen molar-refractivity contribution in [1.29, 1.82) is 0 Å². The normalized spacial score (nSPS) is 20.0. The number of hydrogen-bond donors (Lipinski definition) is 1. The summed E-state index contributed by atoms with van der Waals surface area (Å²) in [6.45, 7) is 2.04. The third-order valence-corrected chi connectivity index (χ3v) is 8.46. The average Bonchev–Trinajstić information content (AvgIpc) is 3.67. The standard InChI is InChI=1S/C27H31F2N5O3S/c1-38(36,37)33-15-13-32(14-16-33)26-27(35)34(23-10-8-21(29)9-11-23)18-22(31-26)3-2-12-30-25-17-24(25)19-4-6-20(28)7-5-19/h4-11,18,24-25,30H,2-3,12-17H2,1H3/t24-,25+/m0/s1. The average molecular weight is 544 g/mol. The number of piperazine rings is 1. The minimum Gasteiger partial charge on any atom is -0.349 e. The fourth-order valence-electron chi connectivity index (χ4n) is 4.94. The van der Waals surface area contributed by atoms with Crippen molar-refractivity contribution in [2.75, 3.05) is 43.9 Å². The maximum Gasteiger partial charge on any atom is 0.298 e. The Morgan fingerprint density at radius 2 is 1.61 bits per heavy atom. The van der Waals surface area contributed by atoms with E-state index in [4.69, 9.17) is 0 Å². The molecule has 1 aliphatic carbocycles. The molecule has 2 atom stereocenters. The molecule has 0 bridgehead atoms. The Kier molecular flexibility index (Phi) is 7.60. The maximum absolute atomic E-state index is 13.5. The molecule has 2 heterocycles. The Balaban J connectivity index is 1.28. The van der Waals surface area contributed by atoms with Crippen LogP contribution in [0.25, 0.3) is 5.69 Å². The van der Waals surface area contributed by atoms with Gasteiger partial charge in [0.15, 0.2) is 5.82 Å². The Labute approximate surface area is 221 Å². The number of aryl methyl sites for hydroxylation is 1.